The molecular formula is C9H17NO3. The minimum Gasteiger partial charge on any atom is -0.443 e. The van der Waals surface area contributed by atoms with Crippen LogP contribution in [0.3, 0.4) is 0 Å². The summed E-state index contributed by atoms with van der Waals surface area (Å²) < 4.78 is 5.04. The molecule has 1 amide bonds. The van der Waals surface area contributed by atoms with E-state index in [2.05, 4.69) is 5.32 Å². The number of aliphatic hydroxyl groups is 1. The molecule has 1 rings (SSSR count). The van der Waals surface area contributed by atoms with E-state index in [1.54, 1.807) is 0 Å². The lowest BCUT2D eigenvalue weighted by atomic mass is 9.95. The second kappa shape index (κ2) is 5.07. The molecule has 4 nitrogen and oxygen atoms in total. The number of hydrogen-bond donors (Lipinski definition) is 2. The summed E-state index contributed by atoms with van der Waals surface area (Å²) in [5, 5.41) is 12.0. The zero-order chi connectivity index (χ0) is 9.68. The number of carbonyl (C=O) groups excluding carboxylic acids is 1. The molecule has 1 saturated carbocycles. The number of nitrogens with one attached hydrogen (secondary N) is 1. The third-order valence-corrected chi connectivity index (χ3v) is 2.25. The molecule has 4 heteroatoms. The molecule has 0 aromatic rings. The van der Waals surface area contributed by atoms with Crippen LogP contribution in [-0.2, 0) is 4.74 Å². The van der Waals surface area contributed by atoms with Crippen molar-refractivity contribution in [3.8, 4) is 0 Å². The number of alkyl carbamates (subject to hydrolysis) is 1. The molecule has 76 valence electrons. The molecule has 0 aliphatic heterocycles. The van der Waals surface area contributed by atoms with Crippen LogP contribution in [-0.4, -0.2) is 30.0 Å². The van der Waals surface area contributed by atoms with Crippen molar-refractivity contribution in [1.82, 2.24) is 5.32 Å². The molecule has 0 aromatic carbocycles. The SMILES string of the molecule is CCNC(=O)O[C@@H]1CCCC[C@H]1O. The average Bonchev–Trinajstić information content (AvgIpc) is 2.09. The van der Waals surface area contributed by atoms with E-state index in [0.29, 0.717) is 6.54 Å². The summed E-state index contributed by atoms with van der Waals surface area (Å²) in [6.45, 7) is 2.39. The molecule has 1 aliphatic carbocycles. The van der Waals surface area contributed by atoms with Gasteiger partial charge in [-0.2, -0.15) is 0 Å². The van der Waals surface area contributed by atoms with Gasteiger partial charge < -0.3 is 15.2 Å². The van der Waals surface area contributed by atoms with E-state index in [4.69, 9.17) is 4.74 Å². The van der Waals surface area contributed by atoms with E-state index in [1.165, 1.54) is 0 Å². The number of hydrogen-bond acceptors (Lipinski definition) is 3. The zero-order valence-electron chi connectivity index (χ0n) is 7.95. The lowest BCUT2D eigenvalue weighted by molar-refractivity contribution is -0.0209. The molecule has 13 heavy (non-hydrogen) atoms. The van der Waals surface area contributed by atoms with Gasteiger partial charge >= 0.3 is 6.09 Å². The average molecular weight is 187 g/mol. The first kappa shape index (κ1) is 10.3. The molecule has 0 spiro atoms. The van der Waals surface area contributed by atoms with Gasteiger partial charge in [-0.15, -0.1) is 0 Å². The van der Waals surface area contributed by atoms with Gasteiger partial charge in [-0.1, -0.05) is 6.42 Å². The van der Waals surface area contributed by atoms with Crippen molar-refractivity contribution in [2.75, 3.05) is 6.54 Å². The maximum absolute atomic E-state index is 11.0. The summed E-state index contributed by atoms with van der Waals surface area (Å²) in [7, 11) is 0. The molecular weight excluding hydrogens is 170 g/mol. The van der Waals surface area contributed by atoms with E-state index in [0.717, 1.165) is 25.7 Å². The fourth-order valence-electron chi connectivity index (χ4n) is 1.54. The first-order chi connectivity index (χ1) is 6.24. The van der Waals surface area contributed by atoms with Gasteiger partial charge in [0.1, 0.15) is 6.10 Å². The van der Waals surface area contributed by atoms with E-state index in [1.807, 2.05) is 6.92 Å². The Kier molecular flexibility index (Phi) is 4.02. The van der Waals surface area contributed by atoms with Gasteiger partial charge in [-0.05, 0) is 26.2 Å². The van der Waals surface area contributed by atoms with Gasteiger partial charge in [-0.3, -0.25) is 0 Å². The number of ether oxygens (including phenoxy) is 1. The molecule has 0 saturated heterocycles. The second-order valence-corrected chi connectivity index (χ2v) is 3.33. The van der Waals surface area contributed by atoms with Crippen LogP contribution in [0, 0.1) is 0 Å². The molecule has 0 heterocycles. The minimum absolute atomic E-state index is 0.305. The zero-order valence-corrected chi connectivity index (χ0v) is 7.95. The molecule has 0 unspecified atom stereocenters. The Balaban J connectivity index is 2.29. The lowest BCUT2D eigenvalue weighted by Gasteiger charge is -2.27. The van der Waals surface area contributed by atoms with Crippen LogP contribution in [0.25, 0.3) is 0 Å². The van der Waals surface area contributed by atoms with Gasteiger partial charge in [0.25, 0.3) is 0 Å². The Labute approximate surface area is 78.3 Å². The van der Waals surface area contributed by atoms with Crippen LogP contribution >= 0.6 is 0 Å². The van der Waals surface area contributed by atoms with Gasteiger partial charge in [0.15, 0.2) is 0 Å². The molecule has 0 aromatic heterocycles. The van der Waals surface area contributed by atoms with Crippen LogP contribution in [0.5, 0.6) is 0 Å². The molecule has 1 fully saturated rings. The van der Waals surface area contributed by atoms with Crippen LogP contribution in [0.1, 0.15) is 32.6 Å². The predicted octanol–water partition coefficient (Wildman–Crippen LogP) is 1.04. The number of amides is 1. The van der Waals surface area contributed by atoms with Gasteiger partial charge in [-0.25, -0.2) is 4.79 Å². The highest BCUT2D eigenvalue weighted by Crippen LogP contribution is 2.20. The number of aliphatic hydroxyl groups excluding tert-OH is 1. The van der Waals surface area contributed by atoms with Gasteiger partial charge in [0.2, 0.25) is 0 Å². The Bertz CT molecular complexity index is 172. The minimum atomic E-state index is -0.476. The highest BCUT2D eigenvalue weighted by atomic mass is 16.6. The van der Waals surface area contributed by atoms with Gasteiger partial charge in [0, 0.05) is 6.54 Å². The summed E-state index contributed by atoms with van der Waals surface area (Å²) in [5.41, 5.74) is 0. The van der Waals surface area contributed by atoms with Gasteiger partial charge in [0.05, 0.1) is 6.10 Å². The molecule has 1 aliphatic rings. The van der Waals surface area contributed by atoms with Crippen LogP contribution in [0.2, 0.25) is 0 Å². The topological polar surface area (TPSA) is 58.6 Å². The number of carbonyl (C=O) groups is 1. The lowest BCUT2D eigenvalue weighted by Crippen LogP contribution is -2.37. The Morgan fingerprint density at radius 2 is 2.23 bits per heavy atom. The largest absolute Gasteiger partial charge is 0.443 e. The quantitative estimate of drug-likeness (QED) is 0.679. The highest BCUT2D eigenvalue weighted by molar-refractivity contribution is 5.67. The fraction of sp³-hybridized carbons (Fsp3) is 0.889. The normalized spacial score (nSPS) is 28.2. The fourth-order valence-corrected chi connectivity index (χ4v) is 1.54. The maximum atomic E-state index is 11.0. The third-order valence-electron chi connectivity index (χ3n) is 2.25. The molecule has 0 radical (unpaired) electrons. The standard InChI is InChI=1S/C9H17NO3/c1-2-10-9(12)13-8-6-4-3-5-7(8)11/h7-8,11H,2-6H2,1H3,(H,10,12)/t7-,8-/m1/s1. The van der Waals surface area contributed by atoms with Crippen molar-refractivity contribution in [3.63, 3.8) is 0 Å². The van der Waals surface area contributed by atoms with Crippen molar-refractivity contribution in [1.29, 1.82) is 0 Å². The molecule has 0 bridgehead atoms. The van der Waals surface area contributed by atoms with E-state index >= 15 is 0 Å². The van der Waals surface area contributed by atoms with Crippen molar-refractivity contribution in [3.05, 3.63) is 0 Å². The molecule has 2 atom stereocenters. The third kappa shape index (κ3) is 3.22. The van der Waals surface area contributed by atoms with Crippen LogP contribution in [0.4, 0.5) is 4.79 Å². The van der Waals surface area contributed by atoms with E-state index in [-0.39, 0.29) is 6.10 Å². The summed E-state index contributed by atoms with van der Waals surface area (Å²) in [4.78, 5) is 11.0. The first-order valence-electron chi connectivity index (χ1n) is 4.86. The van der Waals surface area contributed by atoms with E-state index < -0.39 is 12.2 Å². The second-order valence-electron chi connectivity index (χ2n) is 3.33. The molecule has 2 N–H and O–H groups in total. The van der Waals surface area contributed by atoms with Crippen LogP contribution in [0.15, 0.2) is 0 Å². The van der Waals surface area contributed by atoms with E-state index in [9.17, 15) is 9.90 Å². The smallest absolute Gasteiger partial charge is 0.407 e. The first-order valence-corrected chi connectivity index (χ1v) is 4.86. The van der Waals surface area contributed by atoms with Crippen molar-refractivity contribution in [2.24, 2.45) is 0 Å². The highest BCUT2D eigenvalue weighted by Gasteiger charge is 2.25. The monoisotopic (exact) mass is 187 g/mol. The predicted molar refractivity (Wildman–Crippen MR) is 48.4 cm³/mol. The van der Waals surface area contributed by atoms with Crippen LogP contribution < -0.4 is 5.32 Å². The van der Waals surface area contributed by atoms with Crippen molar-refractivity contribution < 1.29 is 14.6 Å². The summed E-state index contributed by atoms with van der Waals surface area (Å²) in [5.74, 6) is 0. The number of rotatable bonds is 2. The Morgan fingerprint density at radius 3 is 2.85 bits per heavy atom. The summed E-state index contributed by atoms with van der Waals surface area (Å²) >= 11 is 0. The van der Waals surface area contributed by atoms with Crippen molar-refractivity contribution in [2.45, 2.75) is 44.8 Å². The maximum Gasteiger partial charge on any atom is 0.407 e. The summed E-state index contributed by atoms with van der Waals surface area (Å²) in [6.07, 6.45) is 2.37. The Hall–Kier alpha value is -0.770. The van der Waals surface area contributed by atoms with Crippen molar-refractivity contribution >= 4 is 6.09 Å². The Morgan fingerprint density at radius 1 is 1.54 bits per heavy atom. The summed E-state index contributed by atoms with van der Waals surface area (Å²) in [6, 6.07) is 0.